The van der Waals surface area contributed by atoms with Crippen molar-refractivity contribution in [2.45, 2.75) is 58.5 Å². The van der Waals surface area contributed by atoms with Crippen LogP contribution in [-0.2, 0) is 6.42 Å². The second kappa shape index (κ2) is 8.55. The lowest BCUT2D eigenvalue weighted by molar-refractivity contribution is 0.130. The average molecular weight is 288 g/mol. The Bertz CT molecular complexity index is 388. The normalized spacial score (nSPS) is 23.6. The van der Waals surface area contributed by atoms with Crippen LogP contribution < -0.4 is 5.32 Å². The summed E-state index contributed by atoms with van der Waals surface area (Å²) in [5.74, 6) is 0.788. The number of benzene rings is 1. The predicted molar refractivity (Wildman–Crippen MR) is 91.7 cm³/mol. The zero-order valence-electron chi connectivity index (χ0n) is 14.0. The summed E-state index contributed by atoms with van der Waals surface area (Å²) < 4.78 is 0. The Morgan fingerprint density at radius 2 is 1.95 bits per heavy atom. The molecule has 21 heavy (non-hydrogen) atoms. The standard InChI is InChI=1S/C19H32N2/c1-16(2)13-19-15-21(17(3)14-20-19)12-8-7-11-18-9-5-4-6-10-18/h4-6,9-10,16-17,19-20H,7-8,11-15H2,1-3H3. The second-order valence-corrected chi connectivity index (χ2v) is 7.02. The van der Waals surface area contributed by atoms with Gasteiger partial charge in [0, 0.05) is 25.2 Å². The molecule has 2 rings (SSSR count). The Kier molecular flexibility index (Phi) is 6.72. The number of aryl methyl sites for hydroxylation is 1. The third kappa shape index (κ3) is 5.80. The second-order valence-electron chi connectivity index (χ2n) is 7.02. The first kappa shape index (κ1) is 16.5. The quantitative estimate of drug-likeness (QED) is 0.769. The molecule has 0 saturated carbocycles. The summed E-state index contributed by atoms with van der Waals surface area (Å²) in [6, 6.07) is 12.2. The summed E-state index contributed by atoms with van der Waals surface area (Å²) in [5.41, 5.74) is 1.48. The van der Waals surface area contributed by atoms with E-state index in [0.29, 0.717) is 12.1 Å². The van der Waals surface area contributed by atoms with Gasteiger partial charge in [-0.1, -0.05) is 44.2 Å². The first-order valence-electron chi connectivity index (χ1n) is 8.66. The molecule has 0 radical (unpaired) electrons. The lowest BCUT2D eigenvalue weighted by Crippen LogP contribution is -2.55. The first-order chi connectivity index (χ1) is 10.1. The molecule has 1 aliphatic rings. The van der Waals surface area contributed by atoms with E-state index in [1.165, 1.54) is 44.3 Å². The number of piperazine rings is 1. The molecule has 2 nitrogen and oxygen atoms in total. The molecular formula is C19H32N2. The SMILES string of the molecule is CC(C)CC1CN(CCCCc2ccccc2)C(C)CN1. The minimum atomic E-state index is 0.685. The van der Waals surface area contributed by atoms with Gasteiger partial charge in [0.15, 0.2) is 0 Å². The Morgan fingerprint density at radius 3 is 2.67 bits per heavy atom. The van der Waals surface area contributed by atoms with Crippen molar-refractivity contribution in [2.24, 2.45) is 5.92 Å². The number of hydrogen-bond donors (Lipinski definition) is 1. The lowest BCUT2D eigenvalue weighted by atomic mass is 9.99. The highest BCUT2D eigenvalue weighted by Gasteiger charge is 2.24. The number of rotatable bonds is 7. The van der Waals surface area contributed by atoms with Crippen molar-refractivity contribution in [1.82, 2.24) is 10.2 Å². The van der Waals surface area contributed by atoms with Crippen LogP contribution in [0.25, 0.3) is 0 Å². The van der Waals surface area contributed by atoms with Gasteiger partial charge in [0.05, 0.1) is 0 Å². The zero-order chi connectivity index (χ0) is 15.1. The summed E-state index contributed by atoms with van der Waals surface area (Å²) in [6.07, 6.45) is 5.13. The van der Waals surface area contributed by atoms with Gasteiger partial charge in [-0.25, -0.2) is 0 Å². The maximum absolute atomic E-state index is 3.70. The van der Waals surface area contributed by atoms with Crippen molar-refractivity contribution in [1.29, 1.82) is 0 Å². The van der Waals surface area contributed by atoms with Crippen molar-refractivity contribution in [2.75, 3.05) is 19.6 Å². The maximum atomic E-state index is 3.70. The molecule has 1 aromatic carbocycles. The van der Waals surface area contributed by atoms with Gasteiger partial charge in [-0.3, -0.25) is 4.90 Å². The average Bonchev–Trinajstić information content (AvgIpc) is 2.47. The molecule has 2 heteroatoms. The molecule has 2 atom stereocenters. The summed E-state index contributed by atoms with van der Waals surface area (Å²) in [4.78, 5) is 2.69. The van der Waals surface area contributed by atoms with Gasteiger partial charge in [-0.05, 0) is 50.6 Å². The Morgan fingerprint density at radius 1 is 1.19 bits per heavy atom. The Labute approximate surface area is 130 Å². The Hall–Kier alpha value is -0.860. The topological polar surface area (TPSA) is 15.3 Å². The molecule has 0 aliphatic carbocycles. The lowest BCUT2D eigenvalue weighted by Gasteiger charge is -2.39. The van der Waals surface area contributed by atoms with Crippen LogP contribution in [-0.4, -0.2) is 36.6 Å². The molecule has 1 aromatic rings. The third-order valence-electron chi connectivity index (χ3n) is 4.54. The van der Waals surface area contributed by atoms with Crippen LogP contribution in [0.15, 0.2) is 30.3 Å². The van der Waals surface area contributed by atoms with E-state index >= 15 is 0 Å². The minimum absolute atomic E-state index is 0.685. The van der Waals surface area contributed by atoms with Crippen LogP contribution in [0, 0.1) is 5.92 Å². The van der Waals surface area contributed by atoms with Crippen molar-refractivity contribution >= 4 is 0 Å². The van der Waals surface area contributed by atoms with Crippen molar-refractivity contribution in [3.05, 3.63) is 35.9 Å². The van der Waals surface area contributed by atoms with Gasteiger partial charge in [0.1, 0.15) is 0 Å². The van der Waals surface area contributed by atoms with E-state index in [-0.39, 0.29) is 0 Å². The molecule has 1 saturated heterocycles. The van der Waals surface area contributed by atoms with Crippen molar-refractivity contribution < 1.29 is 0 Å². The van der Waals surface area contributed by atoms with E-state index < -0.39 is 0 Å². The monoisotopic (exact) mass is 288 g/mol. The highest BCUT2D eigenvalue weighted by molar-refractivity contribution is 5.14. The molecule has 0 amide bonds. The highest BCUT2D eigenvalue weighted by Crippen LogP contribution is 2.14. The van der Waals surface area contributed by atoms with E-state index in [1.54, 1.807) is 0 Å². The fourth-order valence-corrected chi connectivity index (χ4v) is 3.32. The van der Waals surface area contributed by atoms with E-state index in [2.05, 4.69) is 61.3 Å². The van der Waals surface area contributed by atoms with Gasteiger partial charge in [-0.2, -0.15) is 0 Å². The van der Waals surface area contributed by atoms with Gasteiger partial charge in [0.25, 0.3) is 0 Å². The molecule has 1 fully saturated rings. The summed E-state index contributed by atoms with van der Waals surface area (Å²) in [7, 11) is 0. The van der Waals surface area contributed by atoms with Crippen LogP contribution in [0.5, 0.6) is 0 Å². The van der Waals surface area contributed by atoms with Crippen molar-refractivity contribution in [3.8, 4) is 0 Å². The van der Waals surface area contributed by atoms with Crippen molar-refractivity contribution in [3.63, 3.8) is 0 Å². The van der Waals surface area contributed by atoms with E-state index in [4.69, 9.17) is 0 Å². The molecule has 0 aromatic heterocycles. The smallest absolute Gasteiger partial charge is 0.0198 e. The molecule has 2 unspecified atom stereocenters. The maximum Gasteiger partial charge on any atom is 0.0198 e. The van der Waals surface area contributed by atoms with E-state index in [0.717, 1.165) is 12.5 Å². The third-order valence-corrected chi connectivity index (χ3v) is 4.54. The summed E-state index contributed by atoms with van der Waals surface area (Å²) >= 11 is 0. The molecule has 118 valence electrons. The van der Waals surface area contributed by atoms with Crippen LogP contribution >= 0.6 is 0 Å². The summed E-state index contributed by atoms with van der Waals surface area (Å²) in [5, 5.41) is 3.70. The van der Waals surface area contributed by atoms with Gasteiger partial charge < -0.3 is 5.32 Å². The van der Waals surface area contributed by atoms with Crippen LogP contribution in [0.4, 0.5) is 0 Å². The van der Waals surface area contributed by atoms with Gasteiger partial charge >= 0.3 is 0 Å². The molecule has 1 N–H and O–H groups in total. The zero-order valence-corrected chi connectivity index (χ0v) is 14.0. The van der Waals surface area contributed by atoms with Crippen LogP contribution in [0.2, 0.25) is 0 Å². The number of unbranched alkanes of at least 4 members (excludes halogenated alkanes) is 1. The Balaban J connectivity index is 1.68. The molecule has 1 aliphatic heterocycles. The molecule has 0 bridgehead atoms. The van der Waals surface area contributed by atoms with Crippen LogP contribution in [0.3, 0.4) is 0 Å². The number of hydrogen-bond acceptors (Lipinski definition) is 2. The summed E-state index contributed by atoms with van der Waals surface area (Å²) in [6.45, 7) is 10.6. The van der Waals surface area contributed by atoms with Gasteiger partial charge in [-0.15, -0.1) is 0 Å². The number of nitrogens with one attached hydrogen (secondary N) is 1. The van der Waals surface area contributed by atoms with E-state index in [9.17, 15) is 0 Å². The molecule has 1 heterocycles. The minimum Gasteiger partial charge on any atom is -0.311 e. The predicted octanol–water partition coefficient (Wildman–Crippen LogP) is 3.72. The largest absolute Gasteiger partial charge is 0.311 e. The fourth-order valence-electron chi connectivity index (χ4n) is 3.32. The molecular weight excluding hydrogens is 256 g/mol. The fraction of sp³-hybridized carbons (Fsp3) is 0.684. The molecule has 0 spiro atoms. The van der Waals surface area contributed by atoms with E-state index in [1.807, 2.05) is 0 Å². The van der Waals surface area contributed by atoms with Crippen LogP contribution in [0.1, 0.15) is 45.6 Å². The highest BCUT2D eigenvalue weighted by atomic mass is 15.2. The van der Waals surface area contributed by atoms with Gasteiger partial charge in [0.2, 0.25) is 0 Å². The first-order valence-corrected chi connectivity index (χ1v) is 8.66. The number of nitrogens with zero attached hydrogens (tertiary/aromatic N) is 1.